The fourth-order valence-corrected chi connectivity index (χ4v) is 6.04. The van der Waals surface area contributed by atoms with E-state index in [4.69, 9.17) is 16.3 Å². The van der Waals surface area contributed by atoms with Crippen LogP contribution in [0.2, 0.25) is 5.02 Å². The van der Waals surface area contributed by atoms with E-state index >= 15 is 0 Å². The molecule has 0 radical (unpaired) electrons. The van der Waals surface area contributed by atoms with Crippen LogP contribution in [0.1, 0.15) is 45.4 Å². The van der Waals surface area contributed by atoms with Gasteiger partial charge in [0.2, 0.25) is 0 Å². The maximum absolute atomic E-state index is 12.4. The van der Waals surface area contributed by atoms with E-state index in [0.717, 1.165) is 17.8 Å². The lowest BCUT2D eigenvalue weighted by Gasteiger charge is -2.59. The number of halogens is 1. The summed E-state index contributed by atoms with van der Waals surface area (Å²) in [6.07, 6.45) is 8.17. The third-order valence-electron chi connectivity index (χ3n) is 6.58. The fourth-order valence-electron chi connectivity index (χ4n) is 5.85. The Bertz CT molecular complexity index is 595. The predicted octanol–water partition coefficient (Wildman–Crippen LogP) is 4.44. The quantitative estimate of drug-likeness (QED) is 0.855. The smallest absolute Gasteiger partial charge is 0.258 e. The van der Waals surface area contributed by atoms with E-state index < -0.39 is 0 Å². The van der Waals surface area contributed by atoms with Crippen LogP contribution >= 0.6 is 11.6 Å². The maximum atomic E-state index is 12.4. The minimum absolute atomic E-state index is 0.0282. The molecule has 0 aliphatic heterocycles. The number of para-hydroxylation sites is 1. The summed E-state index contributed by atoms with van der Waals surface area (Å²) >= 11 is 6.07. The van der Waals surface area contributed by atoms with Gasteiger partial charge in [0.1, 0.15) is 5.75 Å². The molecule has 4 bridgehead atoms. The lowest BCUT2D eigenvalue weighted by Crippen LogP contribution is -2.56. The van der Waals surface area contributed by atoms with Gasteiger partial charge in [-0.3, -0.25) is 4.79 Å². The zero-order valence-electron chi connectivity index (χ0n) is 14.3. The number of hydrogen-bond donors (Lipinski definition) is 1. The van der Waals surface area contributed by atoms with E-state index in [-0.39, 0.29) is 18.6 Å². The second kappa shape index (κ2) is 6.25. The van der Waals surface area contributed by atoms with E-state index in [9.17, 15) is 4.79 Å². The first kappa shape index (κ1) is 16.3. The van der Waals surface area contributed by atoms with Crippen molar-refractivity contribution < 1.29 is 9.53 Å². The predicted molar refractivity (Wildman–Crippen MR) is 95.2 cm³/mol. The Balaban J connectivity index is 1.35. The lowest BCUT2D eigenvalue weighted by molar-refractivity contribution is -0.127. The zero-order chi connectivity index (χ0) is 16.7. The first-order valence-electron chi connectivity index (χ1n) is 9.21. The molecule has 0 saturated heterocycles. The molecule has 4 saturated carbocycles. The molecule has 0 heterocycles. The highest BCUT2D eigenvalue weighted by Crippen LogP contribution is 2.61. The molecular weight excluding hydrogens is 322 g/mol. The van der Waals surface area contributed by atoms with Gasteiger partial charge in [-0.2, -0.15) is 0 Å². The minimum atomic E-state index is -0.0434. The molecule has 5 rings (SSSR count). The molecule has 1 aromatic carbocycles. The number of rotatable bonds is 5. The number of nitrogens with one attached hydrogen (secondary N) is 1. The van der Waals surface area contributed by atoms with Gasteiger partial charge in [0.05, 0.1) is 5.02 Å². The van der Waals surface area contributed by atoms with Gasteiger partial charge in [0.15, 0.2) is 6.61 Å². The topological polar surface area (TPSA) is 38.3 Å². The molecule has 1 unspecified atom stereocenters. The van der Waals surface area contributed by atoms with Crippen molar-refractivity contribution >= 4 is 17.5 Å². The first-order valence-corrected chi connectivity index (χ1v) is 9.58. The van der Waals surface area contributed by atoms with Crippen LogP contribution in [0.5, 0.6) is 5.75 Å². The second-order valence-corrected chi connectivity index (χ2v) is 8.70. The molecule has 0 spiro atoms. The van der Waals surface area contributed by atoms with Gasteiger partial charge in [-0.25, -0.2) is 0 Å². The van der Waals surface area contributed by atoms with Crippen LogP contribution in [0.3, 0.4) is 0 Å². The summed E-state index contributed by atoms with van der Waals surface area (Å²) < 4.78 is 5.57. The highest BCUT2D eigenvalue weighted by molar-refractivity contribution is 6.32. The molecule has 4 fully saturated rings. The maximum Gasteiger partial charge on any atom is 0.258 e. The SMILES string of the molecule is CC(NC(=O)COc1ccccc1Cl)C12CC3CC(CC(C3)C1)C2. The molecule has 24 heavy (non-hydrogen) atoms. The van der Waals surface area contributed by atoms with Crippen LogP contribution in [-0.2, 0) is 4.79 Å². The average molecular weight is 348 g/mol. The molecule has 1 amide bonds. The van der Waals surface area contributed by atoms with Crippen LogP contribution in [0.25, 0.3) is 0 Å². The first-order chi connectivity index (χ1) is 11.5. The molecule has 4 heteroatoms. The van der Waals surface area contributed by atoms with Crippen LogP contribution < -0.4 is 10.1 Å². The molecule has 4 aliphatic rings. The summed E-state index contributed by atoms with van der Waals surface area (Å²) in [5.74, 6) is 3.22. The largest absolute Gasteiger partial charge is 0.482 e. The molecule has 130 valence electrons. The van der Waals surface area contributed by atoms with Gasteiger partial charge in [-0.1, -0.05) is 23.7 Å². The second-order valence-electron chi connectivity index (χ2n) is 8.29. The molecular formula is C20H26ClNO2. The molecule has 0 aromatic heterocycles. The third-order valence-corrected chi connectivity index (χ3v) is 6.89. The monoisotopic (exact) mass is 347 g/mol. The fraction of sp³-hybridized carbons (Fsp3) is 0.650. The summed E-state index contributed by atoms with van der Waals surface area (Å²) in [5.41, 5.74) is 0.328. The van der Waals surface area contributed by atoms with Crippen LogP contribution in [0.15, 0.2) is 24.3 Å². The van der Waals surface area contributed by atoms with Crippen molar-refractivity contribution in [3.8, 4) is 5.75 Å². The number of ether oxygens (including phenoxy) is 1. The summed E-state index contributed by atoms with van der Waals surface area (Å²) in [5, 5.41) is 3.76. The summed E-state index contributed by atoms with van der Waals surface area (Å²) in [4.78, 5) is 12.4. The van der Waals surface area contributed by atoms with Gasteiger partial charge < -0.3 is 10.1 Å². The highest BCUT2D eigenvalue weighted by atomic mass is 35.5. The summed E-state index contributed by atoms with van der Waals surface area (Å²) in [7, 11) is 0. The average Bonchev–Trinajstić information content (AvgIpc) is 2.53. The Morgan fingerprint density at radius 3 is 2.38 bits per heavy atom. The minimum Gasteiger partial charge on any atom is -0.482 e. The van der Waals surface area contributed by atoms with Crippen molar-refractivity contribution in [1.29, 1.82) is 0 Å². The summed E-state index contributed by atoms with van der Waals surface area (Å²) in [6, 6.07) is 7.50. The Morgan fingerprint density at radius 2 is 1.79 bits per heavy atom. The molecule has 1 atom stereocenters. The van der Waals surface area contributed by atoms with E-state index in [2.05, 4.69) is 12.2 Å². The molecule has 3 nitrogen and oxygen atoms in total. The molecule has 4 aliphatic carbocycles. The Morgan fingerprint density at radius 1 is 1.21 bits per heavy atom. The Hall–Kier alpha value is -1.22. The Kier molecular flexibility index (Phi) is 4.24. The van der Waals surface area contributed by atoms with Gasteiger partial charge in [-0.15, -0.1) is 0 Å². The van der Waals surface area contributed by atoms with Gasteiger partial charge in [0.25, 0.3) is 5.91 Å². The zero-order valence-corrected chi connectivity index (χ0v) is 15.0. The molecule has 1 aromatic rings. The van der Waals surface area contributed by atoms with Crippen molar-refractivity contribution in [2.45, 2.75) is 51.5 Å². The van der Waals surface area contributed by atoms with Crippen molar-refractivity contribution in [3.05, 3.63) is 29.3 Å². The number of carbonyl (C=O) groups is 1. The van der Waals surface area contributed by atoms with Crippen LogP contribution in [0, 0.1) is 23.2 Å². The van der Waals surface area contributed by atoms with Gasteiger partial charge in [0, 0.05) is 6.04 Å². The van der Waals surface area contributed by atoms with Gasteiger partial charge in [-0.05, 0) is 80.8 Å². The van der Waals surface area contributed by atoms with E-state index in [0.29, 0.717) is 16.2 Å². The molecule has 1 N–H and O–H groups in total. The van der Waals surface area contributed by atoms with Crippen molar-refractivity contribution in [2.24, 2.45) is 23.2 Å². The highest BCUT2D eigenvalue weighted by Gasteiger charge is 2.53. The van der Waals surface area contributed by atoms with Crippen molar-refractivity contribution in [1.82, 2.24) is 5.32 Å². The van der Waals surface area contributed by atoms with E-state index in [1.165, 1.54) is 38.5 Å². The van der Waals surface area contributed by atoms with Crippen LogP contribution in [-0.4, -0.2) is 18.6 Å². The number of benzene rings is 1. The standard InChI is InChI=1S/C20H26ClNO2/c1-13(20-9-14-6-15(10-20)8-16(7-14)11-20)22-19(23)12-24-18-5-3-2-4-17(18)21/h2-5,13-16H,6-12H2,1H3,(H,22,23). The van der Waals surface area contributed by atoms with E-state index in [1.807, 2.05) is 12.1 Å². The number of carbonyl (C=O) groups excluding carboxylic acids is 1. The van der Waals surface area contributed by atoms with Crippen molar-refractivity contribution in [3.63, 3.8) is 0 Å². The third kappa shape index (κ3) is 3.03. The lowest BCUT2D eigenvalue weighted by atomic mass is 9.48. The Labute approximate surface area is 149 Å². The number of amides is 1. The van der Waals surface area contributed by atoms with Crippen LogP contribution in [0.4, 0.5) is 0 Å². The van der Waals surface area contributed by atoms with Gasteiger partial charge >= 0.3 is 0 Å². The van der Waals surface area contributed by atoms with Crippen molar-refractivity contribution in [2.75, 3.05) is 6.61 Å². The summed E-state index contributed by atoms with van der Waals surface area (Å²) in [6.45, 7) is 2.22. The van der Waals surface area contributed by atoms with E-state index in [1.54, 1.807) is 12.1 Å². The normalized spacial score (nSPS) is 34.8. The number of hydrogen-bond acceptors (Lipinski definition) is 2.